The van der Waals surface area contributed by atoms with E-state index in [1.165, 1.54) is 28.0 Å². The smallest absolute Gasteiger partial charge is 0.344 e. The molecular weight excluding hydrogens is 559 g/mol. The van der Waals surface area contributed by atoms with Crippen LogP contribution >= 0.6 is 11.3 Å². The first-order chi connectivity index (χ1) is 20.4. The fourth-order valence-electron chi connectivity index (χ4n) is 4.56. The molecule has 2 heterocycles. The monoisotopic (exact) mass is 586 g/mol. The predicted molar refractivity (Wildman–Crippen MR) is 156 cm³/mol. The van der Waals surface area contributed by atoms with Crippen LogP contribution in [0.1, 0.15) is 36.6 Å². The Balaban J connectivity index is 1.63. The van der Waals surface area contributed by atoms with Gasteiger partial charge in [0.05, 0.1) is 35.1 Å². The highest BCUT2D eigenvalue weighted by atomic mass is 32.1. The molecule has 0 unspecified atom stereocenters. The molecule has 0 radical (unpaired) electrons. The van der Waals surface area contributed by atoms with Crippen molar-refractivity contribution >= 4 is 35.0 Å². The van der Waals surface area contributed by atoms with Crippen LogP contribution in [0, 0.1) is 5.82 Å². The third-order valence-corrected chi connectivity index (χ3v) is 7.38. The maximum absolute atomic E-state index is 13.9. The lowest BCUT2D eigenvalue weighted by atomic mass is 9.93. The number of ether oxygens (including phenoxy) is 3. The van der Waals surface area contributed by atoms with E-state index >= 15 is 0 Å². The Kier molecular flexibility index (Phi) is 8.73. The first-order valence-electron chi connectivity index (χ1n) is 13.3. The third-order valence-electron chi connectivity index (χ3n) is 6.40. The number of thiazole rings is 1. The second-order valence-electron chi connectivity index (χ2n) is 9.15. The van der Waals surface area contributed by atoms with E-state index in [2.05, 4.69) is 0 Å². The third kappa shape index (κ3) is 6.08. The minimum Gasteiger partial charge on any atom is -0.482 e. The van der Waals surface area contributed by atoms with E-state index in [9.17, 15) is 18.8 Å². The second kappa shape index (κ2) is 12.8. The highest BCUT2D eigenvalue weighted by Gasteiger charge is 2.35. The molecule has 0 spiro atoms. The van der Waals surface area contributed by atoms with Gasteiger partial charge in [-0.1, -0.05) is 65.9 Å². The molecule has 0 saturated carbocycles. The van der Waals surface area contributed by atoms with Crippen molar-refractivity contribution in [2.45, 2.75) is 19.9 Å². The number of halogens is 1. The van der Waals surface area contributed by atoms with Gasteiger partial charge < -0.3 is 14.2 Å². The van der Waals surface area contributed by atoms with Crippen LogP contribution in [-0.2, 0) is 19.1 Å². The van der Waals surface area contributed by atoms with Gasteiger partial charge in [0, 0.05) is 5.56 Å². The molecule has 0 saturated heterocycles. The number of carbonyl (C=O) groups excluding carboxylic acids is 2. The van der Waals surface area contributed by atoms with Gasteiger partial charge in [-0.15, -0.1) is 0 Å². The Morgan fingerprint density at radius 2 is 1.64 bits per heavy atom. The summed E-state index contributed by atoms with van der Waals surface area (Å²) in [4.78, 5) is 44.1. The molecule has 1 aromatic heterocycles. The molecule has 4 aromatic rings. The molecular formula is C32H27FN2O6S. The van der Waals surface area contributed by atoms with Crippen molar-refractivity contribution in [2.24, 2.45) is 4.99 Å². The molecule has 42 heavy (non-hydrogen) atoms. The van der Waals surface area contributed by atoms with Crippen LogP contribution in [0.25, 0.3) is 11.8 Å². The van der Waals surface area contributed by atoms with Crippen molar-refractivity contribution in [3.8, 4) is 5.75 Å². The summed E-state index contributed by atoms with van der Waals surface area (Å²) in [6.45, 7) is 3.62. The molecule has 10 heteroatoms. The largest absolute Gasteiger partial charge is 0.482 e. The average molecular weight is 587 g/mol. The quantitative estimate of drug-likeness (QED) is 0.275. The van der Waals surface area contributed by atoms with Gasteiger partial charge in [0.1, 0.15) is 11.6 Å². The van der Waals surface area contributed by atoms with Crippen LogP contribution in [-0.4, -0.2) is 36.3 Å². The minimum absolute atomic E-state index is 0.129. The number of rotatable bonds is 9. The van der Waals surface area contributed by atoms with Crippen molar-refractivity contribution in [3.63, 3.8) is 0 Å². The molecule has 3 aromatic carbocycles. The number of fused-ring (bicyclic) bond motifs is 1. The van der Waals surface area contributed by atoms with Crippen molar-refractivity contribution in [1.82, 2.24) is 4.57 Å². The molecule has 1 aliphatic rings. The van der Waals surface area contributed by atoms with Crippen LogP contribution in [0.2, 0.25) is 0 Å². The number of nitrogens with zero attached hydrogens (tertiary/aromatic N) is 2. The Hall–Kier alpha value is -4.83. The van der Waals surface area contributed by atoms with Gasteiger partial charge >= 0.3 is 11.9 Å². The fraction of sp³-hybridized carbons (Fsp3) is 0.188. The van der Waals surface area contributed by atoms with E-state index in [1.807, 2.05) is 30.3 Å². The summed E-state index contributed by atoms with van der Waals surface area (Å²) < 4.78 is 31.5. The van der Waals surface area contributed by atoms with Crippen molar-refractivity contribution in [1.29, 1.82) is 0 Å². The summed E-state index contributed by atoms with van der Waals surface area (Å²) in [5, 5.41) is 0. The van der Waals surface area contributed by atoms with Gasteiger partial charge in [0.25, 0.3) is 5.56 Å². The Labute approximate surface area is 244 Å². The maximum Gasteiger partial charge on any atom is 0.344 e. The Morgan fingerprint density at radius 3 is 2.31 bits per heavy atom. The standard InChI is InChI=1S/C32H27FN2O6S/c1-3-39-26(36)19-41-24-16-10-20(11-17-24)18-25-30(37)35-29(22-12-14-23(33)15-13-22)27(31(38)40-4-2)28(34-32(35)42-25)21-8-6-5-7-9-21/h5-18,29H,3-4,19H2,1-2H3/b25-18-/t29-/m1/s1. The number of aromatic nitrogens is 1. The number of benzene rings is 3. The summed E-state index contributed by atoms with van der Waals surface area (Å²) in [7, 11) is 0. The normalized spacial score (nSPS) is 14.6. The first kappa shape index (κ1) is 28.7. The minimum atomic E-state index is -0.892. The average Bonchev–Trinajstić information content (AvgIpc) is 3.31. The highest BCUT2D eigenvalue weighted by Crippen LogP contribution is 2.35. The van der Waals surface area contributed by atoms with Crippen LogP contribution in [0.3, 0.4) is 0 Å². The Bertz CT molecular complexity index is 1810. The lowest BCUT2D eigenvalue weighted by Crippen LogP contribution is -2.40. The fourth-order valence-corrected chi connectivity index (χ4v) is 5.56. The van der Waals surface area contributed by atoms with Crippen LogP contribution < -0.4 is 19.6 Å². The summed E-state index contributed by atoms with van der Waals surface area (Å²) in [5.41, 5.74) is 2.16. The van der Waals surface area contributed by atoms with E-state index in [4.69, 9.17) is 19.2 Å². The van der Waals surface area contributed by atoms with Crippen molar-refractivity contribution < 1.29 is 28.2 Å². The molecule has 0 aliphatic carbocycles. The topological polar surface area (TPSA) is 96.2 Å². The van der Waals surface area contributed by atoms with Crippen molar-refractivity contribution in [3.05, 3.63) is 127 Å². The molecule has 0 bridgehead atoms. The zero-order valence-corrected chi connectivity index (χ0v) is 23.7. The molecule has 5 rings (SSSR count). The van der Waals surface area contributed by atoms with Gasteiger partial charge in [0.15, 0.2) is 11.4 Å². The molecule has 214 valence electrons. The van der Waals surface area contributed by atoms with Crippen molar-refractivity contribution in [2.75, 3.05) is 19.8 Å². The second-order valence-corrected chi connectivity index (χ2v) is 10.2. The SMILES string of the molecule is CCOC(=O)COc1ccc(/C=c2\sc3n(c2=O)[C@H](c2ccc(F)cc2)C(C(=O)OCC)=C(c2ccccc2)N=3)cc1. The van der Waals surface area contributed by atoms with Gasteiger partial charge in [-0.25, -0.2) is 19.0 Å². The van der Waals surface area contributed by atoms with E-state index in [-0.39, 0.29) is 31.0 Å². The number of esters is 2. The van der Waals surface area contributed by atoms with Gasteiger partial charge in [0.2, 0.25) is 0 Å². The molecule has 0 N–H and O–H groups in total. The van der Waals surface area contributed by atoms with E-state index in [1.54, 1.807) is 56.3 Å². The lowest BCUT2D eigenvalue weighted by molar-refractivity contribution is -0.145. The predicted octanol–water partition coefficient (Wildman–Crippen LogP) is 4.02. The highest BCUT2D eigenvalue weighted by molar-refractivity contribution is 7.07. The van der Waals surface area contributed by atoms with Gasteiger partial charge in [-0.3, -0.25) is 9.36 Å². The van der Waals surface area contributed by atoms with Gasteiger partial charge in [-0.05, 0) is 55.3 Å². The van der Waals surface area contributed by atoms with Crippen LogP contribution in [0.4, 0.5) is 4.39 Å². The number of hydrogen-bond acceptors (Lipinski definition) is 8. The van der Waals surface area contributed by atoms with Crippen LogP contribution in [0.15, 0.2) is 94.2 Å². The number of carbonyl (C=O) groups is 2. The number of hydrogen-bond donors (Lipinski definition) is 0. The molecule has 0 fully saturated rings. The molecule has 1 aliphatic heterocycles. The van der Waals surface area contributed by atoms with E-state index in [0.717, 1.165) is 5.56 Å². The lowest BCUT2D eigenvalue weighted by Gasteiger charge is -2.25. The van der Waals surface area contributed by atoms with E-state index < -0.39 is 23.8 Å². The Morgan fingerprint density at radius 1 is 0.952 bits per heavy atom. The first-order valence-corrected chi connectivity index (χ1v) is 14.1. The zero-order valence-electron chi connectivity index (χ0n) is 22.9. The molecule has 0 amide bonds. The summed E-state index contributed by atoms with van der Waals surface area (Å²) in [6, 6.07) is 20.9. The van der Waals surface area contributed by atoms with Gasteiger partial charge in [-0.2, -0.15) is 0 Å². The molecule has 1 atom stereocenters. The summed E-state index contributed by atoms with van der Waals surface area (Å²) in [5.74, 6) is -1.03. The summed E-state index contributed by atoms with van der Waals surface area (Å²) >= 11 is 1.18. The summed E-state index contributed by atoms with van der Waals surface area (Å²) in [6.07, 6.45) is 1.72. The van der Waals surface area contributed by atoms with Crippen LogP contribution in [0.5, 0.6) is 5.75 Å². The van der Waals surface area contributed by atoms with E-state index in [0.29, 0.717) is 31.9 Å². The molecule has 8 nitrogen and oxygen atoms in total. The zero-order chi connectivity index (χ0) is 29.6. The maximum atomic E-state index is 13.9.